The summed E-state index contributed by atoms with van der Waals surface area (Å²) in [4.78, 5) is 18.0. The van der Waals surface area contributed by atoms with Crippen LogP contribution < -0.4 is 14.4 Å². The van der Waals surface area contributed by atoms with Crippen molar-refractivity contribution in [2.24, 2.45) is 17.8 Å². The van der Waals surface area contributed by atoms with Crippen molar-refractivity contribution in [3.63, 3.8) is 0 Å². The highest BCUT2D eigenvalue weighted by molar-refractivity contribution is 7.90. The summed E-state index contributed by atoms with van der Waals surface area (Å²) in [7, 11) is 0.0226. The number of amides is 1. The van der Waals surface area contributed by atoms with Gasteiger partial charge in [0.1, 0.15) is 5.75 Å². The molecule has 0 saturated heterocycles. The molecule has 2 aliphatic carbocycles. The van der Waals surface area contributed by atoms with Crippen molar-refractivity contribution < 1.29 is 23.1 Å². The molecule has 4 aliphatic rings. The Balaban J connectivity index is 1.44. The predicted octanol–water partition coefficient (Wildman–Crippen LogP) is 5.40. The van der Waals surface area contributed by atoms with Gasteiger partial charge in [-0.25, -0.2) is 13.1 Å². The van der Waals surface area contributed by atoms with Crippen molar-refractivity contribution in [1.82, 2.24) is 9.62 Å². The number of benzene rings is 2. The first kappa shape index (κ1) is 32.6. The number of nitrogens with zero attached hydrogens (tertiary/aromatic N) is 2. The van der Waals surface area contributed by atoms with E-state index in [0.29, 0.717) is 38.3 Å². The van der Waals surface area contributed by atoms with Gasteiger partial charge in [-0.2, -0.15) is 0 Å². The lowest BCUT2D eigenvalue weighted by Gasteiger charge is -2.50. The van der Waals surface area contributed by atoms with E-state index in [2.05, 4.69) is 26.7 Å². The Hall–Kier alpha value is -2.33. The van der Waals surface area contributed by atoms with Crippen LogP contribution in [0.3, 0.4) is 0 Å². The summed E-state index contributed by atoms with van der Waals surface area (Å²) < 4.78 is 35.9. The Kier molecular flexibility index (Phi) is 8.72. The molecule has 1 unspecified atom stereocenters. The Morgan fingerprint density at radius 1 is 1.13 bits per heavy atom. The van der Waals surface area contributed by atoms with Gasteiger partial charge in [-0.1, -0.05) is 24.6 Å². The molecule has 45 heavy (non-hydrogen) atoms. The first-order valence-electron chi connectivity index (χ1n) is 16.4. The fourth-order valence-corrected chi connectivity index (χ4v) is 9.94. The van der Waals surface area contributed by atoms with Gasteiger partial charge in [-0.3, -0.25) is 4.79 Å². The molecule has 2 heterocycles. The lowest BCUT2D eigenvalue weighted by Crippen LogP contribution is -2.54. The van der Waals surface area contributed by atoms with Crippen LogP contribution >= 0.6 is 11.6 Å². The van der Waals surface area contributed by atoms with Gasteiger partial charge < -0.3 is 19.6 Å². The summed E-state index contributed by atoms with van der Waals surface area (Å²) in [5.41, 5.74) is 2.41. The second-order valence-electron chi connectivity index (χ2n) is 14.8. The minimum Gasteiger partial charge on any atom is -0.490 e. The van der Waals surface area contributed by atoms with Crippen LogP contribution in [0, 0.1) is 17.8 Å². The number of ether oxygens (including phenoxy) is 1. The maximum absolute atomic E-state index is 13.5. The number of fused-ring (bicyclic) bond motifs is 4. The average molecular weight is 658 g/mol. The second-order valence-corrected chi connectivity index (χ2v) is 17.3. The first-order valence-corrected chi connectivity index (χ1v) is 18.4. The molecular weight excluding hydrogens is 610 g/mol. The van der Waals surface area contributed by atoms with Crippen LogP contribution in [0.4, 0.5) is 5.69 Å². The lowest BCUT2D eigenvalue weighted by atomic mass is 9.63. The van der Waals surface area contributed by atoms with Crippen molar-refractivity contribution in [3.05, 3.63) is 58.1 Å². The van der Waals surface area contributed by atoms with Crippen LogP contribution in [-0.4, -0.2) is 75.0 Å². The van der Waals surface area contributed by atoms with Gasteiger partial charge >= 0.3 is 0 Å². The Labute approximate surface area is 273 Å². The van der Waals surface area contributed by atoms with E-state index in [0.717, 1.165) is 42.8 Å². The zero-order valence-corrected chi connectivity index (χ0v) is 28.8. The zero-order valence-electron chi connectivity index (χ0n) is 27.2. The topological polar surface area (TPSA) is 99.2 Å². The highest BCUT2D eigenvalue weighted by atomic mass is 35.5. The zero-order chi connectivity index (χ0) is 32.3. The molecule has 2 aromatic carbocycles. The van der Waals surface area contributed by atoms with E-state index in [1.807, 2.05) is 34.0 Å². The molecule has 2 aliphatic heterocycles. The number of rotatable bonds is 1. The Bertz CT molecular complexity index is 1560. The fourth-order valence-electron chi connectivity index (χ4n) is 8.46. The molecule has 7 atom stereocenters. The number of carbonyl (C=O) groups excluding carboxylic acids is 1. The first-order chi connectivity index (χ1) is 21.2. The minimum atomic E-state index is -3.96. The van der Waals surface area contributed by atoms with Crippen LogP contribution in [0.2, 0.25) is 5.02 Å². The number of aliphatic hydroxyl groups is 1. The maximum Gasteiger partial charge on any atom is 0.264 e. The van der Waals surface area contributed by atoms with Crippen LogP contribution in [-0.2, 0) is 21.9 Å². The standard InChI is InChI=1S/C35H48ClN3O5S/c1-22-15-28(38(4)5)18-34(3,41)29-11-8-26(29)19-39-20-35(14-6-7-24-16-27(36)10-12-30(24)35)21-44-32-13-9-25(17-31(32)39)33(40)37-45(42,43)23(22)2/h9-10,12-13,16-17,22-23,26,28-29,41H,6-8,11,14-15,18-21H2,1-5H3,(H,37,40)/t22-,23+,26-,28?,29+,34+,35-/m0/s1. The van der Waals surface area contributed by atoms with E-state index in [4.69, 9.17) is 16.3 Å². The number of nitrogens with one attached hydrogen (secondary N) is 1. The van der Waals surface area contributed by atoms with Gasteiger partial charge in [0.25, 0.3) is 5.91 Å². The molecule has 2 bridgehead atoms. The summed E-state index contributed by atoms with van der Waals surface area (Å²) in [5.74, 6) is 0.196. The number of anilines is 1. The molecule has 1 spiro atoms. The molecular formula is C35H48ClN3O5S. The fraction of sp³-hybridized carbons (Fsp3) is 0.629. The molecule has 8 nitrogen and oxygen atoms in total. The van der Waals surface area contributed by atoms with Crippen molar-refractivity contribution in [2.75, 3.05) is 38.7 Å². The van der Waals surface area contributed by atoms with Crippen molar-refractivity contribution in [2.45, 2.75) is 88.0 Å². The van der Waals surface area contributed by atoms with E-state index in [1.165, 1.54) is 11.1 Å². The van der Waals surface area contributed by atoms with E-state index in [-0.39, 0.29) is 34.8 Å². The largest absolute Gasteiger partial charge is 0.490 e. The summed E-state index contributed by atoms with van der Waals surface area (Å²) in [6.45, 7) is 7.45. The van der Waals surface area contributed by atoms with Gasteiger partial charge in [-0.05, 0) is 132 Å². The summed E-state index contributed by atoms with van der Waals surface area (Å²) in [5, 5.41) is 12.0. The van der Waals surface area contributed by atoms with Crippen LogP contribution in [0.15, 0.2) is 36.4 Å². The highest BCUT2D eigenvalue weighted by Crippen LogP contribution is 2.49. The highest BCUT2D eigenvalue weighted by Gasteiger charge is 2.48. The van der Waals surface area contributed by atoms with E-state index in [1.54, 1.807) is 25.1 Å². The van der Waals surface area contributed by atoms with E-state index < -0.39 is 26.8 Å². The summed E-state index contributed by atoms with van der Waals surface area (Å²) in [6, 6.07) is 11.4. The number of carbonyl (C=O) groups is 1. The van der Waals surface area contributed by atoms with Crippen molar-refractivity contribution in [3.8, 4) is 5.75 Å². The molecule has 2 aromatic rings. The minimum absolute atomic E-state index is 0.0164. The normalized spacial score (nSPS) is 35.0. The van der Waals surface area contributed by atoms with Gasteiger partial charge in [0.05, 0.1) is 23.1 Å². The SMILES string of the molecule is C[C@@H]1[C@@H](C)CC(N(C)C)C[C@@](C)(O)[C@@H]2CC[C@H]2CN2C[C@@]3(CCCc4cc(Cl)ccc43)COc3ccc(cc32)C(=O)NS1(=O)=O. The Morgan fingerprint density at radius 3 is 2.62 bits per heavy atom. The van der Waals surface area contributed by atoms with Crippen LogP contribution in [0.25, 0.3) is 0 Å². The third-order valence-electron chi connectivity index (χ3n) is 11.5. The number of aryl methyl sites for hydroxylation is 1. The molecule has 6 rings (SSSR count). The Morgan fingerprint density at radius 2 is 1.91 bits per heavy atom. The number of hydrogen-bond donors (Lipinski definition) is 2. The summed E-state index contributed by atoms with van der Waals surface area (Å²) in [6.07, 6.45) is 6.06. The third kappa shape index (κ3) is 6.22. The van der Waals surface area contributed by atoms with E-state index in [9.17, 15) is 18.3 Å². The second kappa shape index (κ2) is 12.0. The van der Waals surface area contributed by atoms with Gasteiger partial charge in [0.2, 0.25) is 10.0 Å². The van der Waals surface area contributed by atoms with E-state index >= 15 is 0 Å². The molecule has 0 aromatic heterocycles. The quantitative estimate of drug-likeness (QED) is 0.424. The molecule has 0 radical (unpaired) electrons. The molecule has 2 N–H and O–H groups in total. The van der Waals surface area contributed by atoms with Gasteiger partial charge in [0.15, 0.2) is 0 Å². The van der Waals surface area contributed by atoms with Crippen molar-refractivity contribution in [1.29, 1.82) is 0 Å². The molecule has 1 fully saturated rings. The molecule has 246 valence electrons. The number of halogens is 1. The average Bonchev–Trinajstić information content (AvgIpc) is 3.10. The third-order valence-corrected chi connectivity index (χ3v) is 13.7. The summed E-state index contributed by atoms with van der Waals surface area (Å²) >= 11 is 6.42. The number of sulfonamides is 1. The van der Waals surface area contributed by atoms with Crippen LogP contribution in [0.1, 0.15) is 80.8 Å². The van der Waals surface area contributed by atoms with Crippen LogP contribution in [0.5, 0.6) is 5.75 Å². The maximum atomic E-state index is 13.5. The van der Waals surface area contributed by atoms with Crippen molar-refractivity contribution >= 4 is 33.2 Å². The van der Waals surface area contributed by atoms with Gasteiger partial charge in [0, 0.05) is 35.1 Å². The molecule has 10 heteroatoms. The monoisotopic (exact) mass is 657 g/mol. The molecule has 1 saturated carbocycles. The smallest absolute Gasteiger partial charge is 0.264 e. The lowest BCUT2D eigenvalue weighted by molar-refractivity contribution is -0.0857. The predicted molar refractivity (Wildman–Crippen MR) is 179 cm³/mol. The van der Waals surface area contributed by atoms with Gasteiger partial charge in [-0.15, -0.1) is 0 Å². The molecule has 1 amide bonds. The number of hydrogen-bond acceptors (Lipinski definition) is 7.